The number of fused-ring (bicyclic) bond motifs is 1. The molecule has 1 nitrogen and oxygen atoms in total. The molecule has 3 heteroatoms. The molecule has 1 aliphatic rings. The Bertz CT molecular complexity index is 347. The van der Waals surface area contributed by atoms with Gasteiger partial charge in [-0.3, -0.25) is 4.99 Å². The maximum Gasteiger partial charge on any atom is 0.132 e. The van der Waals surface area contributed by atoms with E-state index in [1.807, 2.05) is 0 Å². The largest absolute Gasteiger partial charge is 0.292 e. The zero-order valence-corrected chi connectivity index (χ0v) is 7.11. The first-order valence-electron chi connectivity index (χ1n) is 3.76. The Kier molecular flexibility index (Phi) is 1.85. The molecule has 1 aromatic rings. The van der Waals surface area contributed by atoms with Crippen molar-refractivity contribution in [3.8, 4) is 0 Å². The zero-order valence-electron chi connectivity index (χ0n) is 6.35. The van der Waals surface area contributed by atoms with Crippen molar-refractivity contribution < 1.29 is 4.39 Å². The van der Waals surface area contributed by atoms with Gasteiger partial charge in [-0.25, -0.2) is 4.39 Å². The van der Waals surface area contributed by atoms with Gasteiger partial charge >= 0.3 is 0 Å². The number of rotatable bonds is 0. The van der Waals surface area contributed by atoms with Gasteiger partial charge < -0.3 is 0 Å². The van der Waals surface area contributed by atoms with E-state index in [1.165, 1.54) is 6.07 Å². The second kappa shape index (κ2) is 2.87. The van der Waals surface area contributed by atoms with Gasteiger partial charge in [0.25, 0.3) is 0 Å². The number of hydrogen-bond donors (Lipinski definition) is 0. The lowest BCUT2D eigenvalue weighted by molar-refractivity contribution is 0.622. The van der Waals surface area contributed by atoms with Gasteiger partial charge in [-0.2, -0.15) is 0 Å². The molecule has 0 amide bonds. The fourth-order valence-electron chi connectivity index (χ4n) is 1.34. The predicted molar refractivity (Wildman–Crippen MR) is 47.6 cm³/mol. The first-order valence-corrected chi connectivity index (χ1v) is 4.13. The average molecular weight is 184 g/mol. The summed E-state index contributed by atoms with van der Waals surface area (Å²) < 4.78 is 13.1. The van der Waals surface area contributed by atoms with E-state index in [4.69, 9.17) is 11.6 Å². The third-order valence-electron chi connectivity index (χ3n) is 1.96. The fourth-order valence-corrected chi connectivity index (χ4v) is 1.59. The third-order valence-corrected chi connectivity index (χ3v) is 2.31. The number of aliphatic imine (C=N–C) groups is 1. The number of halogens is 2. The highest BCUT2D eigenvalue weighted by Gasteiger charge is 2.12. The van der Waals surface area contributed by atoms with Crippen molar-refractivity contribution in [1.29, 1.82) is 0 Å². The van der Waals surface area contributed by atoms with Crippen molar-refractivity contribution in [2.45, 2.75) is 6.42 Å². The molecule has 1 aromatic carbocycles. The first kappa shape index (κ1) is 7.74. The van der Waals surface area contributed by atoms with E-state index < -0.39 is 0 Å². The van der Waals surface area contributed by atoms with Crippen LogP contribution in [0, 0.1) is 5.82 Å². The molecule has 0 saturated heterocycles. The van der Waals surface area contributed by atoms with Crippen LogP contribution >= 0.6 is 11.6 Å². The summed E-state index contributed by atoms with van der Waals surface area (Å²) in [7, 11) is 0. The normalized spacial score (nSPS) is 14.5. The molecule has 12 heavy (non-hydrogen) atoms. The SMILES string of the molecule is Fc1ccc(Cl)c2c1C=NCC2. The summed E-state index contributed by atoms with van der Waals surface area (Å²) in [6.45, 7) is 0.705. The van der Waals surface area contributed by atoms with Crippen molar-refractivity contribution in [2.24, 2.45) is 4.99 Å². The van der Waals surface area contributed by atoms with Crippen molar-refractivity contribution in [3.63, 3.8) is 0 Å². The Labute approximate surface area is 74.9 Å². The quantitative estimate of drug-likeness (QED) is 0.586. The Balaban J connectivity index is 2.67. The van der Waals surface area contributed by atoms with Crippen LogP contribution in [-0.2, 0) is 6.42 Å². The maximum atomic E-state index is 13.1. The van der Waals surface area contributed by atoms with E-state index in [0.29, 0.717) is 17.1 Å². The highest BCUT2D eigenvalue weighted by Crippen LogP contribution is 2.24. The second-order valence-corrected chi connectivity index (χ2v) is 3.11. The summed E-state index contributed by atoms with van der Waals surface area (Å²) in [5, 5.41) is 0.637. The standard InChI is InChI=1S/C9H7ClFN/c10-8-1-2-9(11)7-5-12-4-3-6(7)8/h1-2,5H,3-4H2. The van der Waals surface area contributed by atoms with E-state index in [2.05, 4.69) is 4.99 Å². The topological polar surface area (TPSA) is 12.4 Å². The Morgan fingerprint density at radius 2 is 2.25 bits per heavy atom. The van der Waals surface area contributed by atoms with Crippen LogP contribution in [0.2, 0.25) is 5.02 Å². The van der Waals surface area contributed by atoms with Crippen molar-refractivity contribution >= 4 is 17.8 Å². The summed E-state index contributed by atoms with van der Waals surface area (Å²) in [5.74, 6) is -0.238. The monoisotopic (exact) mass is 183 g/mol. The van der Waals surface area contributed by atoms with Crippen LogP contribution in [0.1, 0.15) is 11.1 Å². The Hall–Kier alpha value is -0.890. The molecule has 1 heterocycles. The first-order chi connectivity index (χ1) is 5.79. The van der Waals surface area contributed by atoms with Crippen molar-refractivity contribution in [1.82, 2.24) is 0 Å². The van der Waals surface area contributed by atoms with Crippen LogP contribution in [0.15, 0.2) is 17.1 Å². The van der Waals surface area contributed by atoms with E-state index in [0.717, 1.165) is 12.0 Å². The molecule has 0 aromatic heterocycles. The van der Waals surface area contributed by atoms with Crippen LogP contribution in [0.5, 0.6) is 0 Å². The van der Waals surface area contributed by atoms with E-state index >= 15 is 0 Å². The van der Waals surface area contributed by atoms with E-state index in [9.17, 15) is 4.39 Å². The summed E-state index contributed by atoms with van der Waals surface area (Å²) in [6.07, 6.45) is 2.29. The van der Waals surface area contributed by atoms with Gasteiger partial charge in [0.15, 0.2) is 0 Å². The Morgan fingerprint density at radius 3 is 3.00 bits per heavy atom. The fraction of sp³-hybridized carbons (Fsp3) is 0.222. The molecule has 0 saturated carbocycles. The van der Waals surface area contributed by atoms with Crippen LogP contribution in [0.3, 0.4) is 0 Å². The highest BCUT2D eigenvalue weighted by molar-refractivity contribution is 6.31. The number of nitrogens with zero attached hydrogens (tertiary/aromatic N) is 1. The number of hydrogen-bond acceptors (Lipinski definition) is 1. The molecule has 0 N–H and O–H groups in total. The molecule has 0 aliphatic carbocycles. The van der Waals surface area contributed by atoms with Crippen LogP contribution in [-0.4, -0.2) is 12.8 Å². The van der Waals surface area contributed by atoms with Gasteiger partial charge in [0, 0.05) is 23.3 Å². The van der Waals surface area contributed by atoms with Gasteiger partial charge in [-0.05, 0) is 24.1 Å². The lowest BCUT2D eigenvalue weighted by Gasteiger charge is -2.11. The van der Waals surface area contributed by atoms with Gasteiger partial charge in [0.1, 0.15) is 5.82 Å². The summed E-state index contributed by atoms with van der Waals surface area (Å²) in [5.41, 5.74) is 1.43. The smallest absolute Gasteiger partial charge is 0.132 e. The van der Waals surface area contributed by atoms with Crippen LogP contribution in [0.4, 0.5) is 4.39 Å². The molecule has 62 valence electrons. The minimum Gasteiger partial charge on any atom is -0.292 e. The molecule has 0 radical (unpaired) electrons. The lowest BCUT2D eigenvalue weighted by Crippen LogP contribution is -2.05. The van der Waals surface area contributed by atoms with Crippen molar-refractivity contribution in [2.75, 3.05) is 6.54 Å². The van der Waals surface area contributed by atoms with E-state index in [1.54, 1.807) is 12.3 Å². The summed E-state index contributed by atoms with van der Waals surface area (Å²) >= 11 is 5.89. The molecule has 0 atom stereocenters. The molecule has 0 spiro atoms. The maximum absolute atomic E-state index is 13.1. The summed E-state index contributed by atoms with van der Waals surface area (Å²) in [4.78, 5) is 4.00. The average Bonchev–Trinajstić information content (AvgIpc) is 2.12. The lowest BCUT2D eigenvalue weighted by atomic mass is 10.0. The molecular weight excluding hydrogens is 177 g/mol. The minimum atomic E-state index is -0.238. The highest BCUT2D eigenvalue weighted by atomic mass is 35.5. The Morgan fingerprint density at radius 1 is 1.42 bits per heavy atom. The van der Waals surface area contributed by atoms with Crippen molar-refractivity contribution in [3.05, 3.63) is 34.1 Å². The zero-order chi connectivity index (χ0) is 8.55. The predicted octanol–water partition coefficient (Wildman–Crippen LogP) is 2.45. The molecule has 2 rings (SSSR count). The van der Waals surface area contributed by atoms with Gasteiger partial charge in [-0.15, -0.1) is 0 Å². The van der Waals surface area contributed by atoms with Gasteiger partial charge in [0.2, 0.25) is 0 Å². The summed E-state index contributed by atoms with van der Waals surface area (Å²) in [6, 6.07) is 2.97. The minimum absolute atomic E-state index is 0.238. The van der Waals surface area contributed by atoms with E-state index in [-0.39, 0.29) is 5.82 Å². The van der Waals surface area contributed by atoms with Gasteiger partial charge in [0.05, 0.1) is 0 Å². The van der Waals surface area contributed by atoms with Gasteiger partial charge in [-0.1, -0.05) is 11.6 Å². The van der Waals surface area contributed by atoms with Crippen LogP contribution < -0.4 is 0 Å². The molecule has 0 fully saturated rings. The number of benzene rings is 1. The molecule has 1 aliphatic heterocycles. The molecular formula is C9H7ClFN. The molecule has 0 unspecified atom stereocenters. The third kappa shape index (κ3) is 1.12. The van der Waals surface area contributed by atoms with Crippen LogP contribution in [0.25, 0.3) is 0 Å². The second-order valence-electron chi connectivity index (χ2n) is 2.71. The molecule has 0 bridgehead atoms.